The van der Waals surface area contributed by atoms with E-state index in [1.54, 1.807) is 0 Å². The minimum Gasteiger partial charge on any atom is -0.462 e. The third-order valence-corrected chi connectivity index (χ3v) is 10.2. The van der Waals surface area contributed by atoms with Crippen LogP contribution >= 0.6 is 0 Å². The molecule has 0 aliphatic carbocycles. The smallest absolute Gasteiger partial charge is 0.306 e. The lowest BCUT2D eigenvalue weighted by Crippen LogP contribution is -2.30. The number of rotatable bonds is 44. The zero-order valence-corrected chi connectivity index (χ0v) is 40.5. The Morgan fingerprint density at radius 1 is 0.333 bits per heavy atom. The van der Waals surface area contributed by atoms with Crippen LogP contribution in [0.4, 0.5) is 0 Å². The van der Waals surface area contributed by atoms with Crippen LogP contribution in [-0.4, -0.2) is 37.2 Å². The van der Waals surface area contributed by atoms with Crippen molar-refractivity contribution in [1.82, 2.24) is 0 Å². The van der Waals surface area contributed by atoms with Gasteiger partial charge >= 0.3 is 17.9 Å². The summed E-state index contributed by atoms with van der Waals surface area (Å²) in [6.07, 6.45) is 67.8. The van der Waals surface area contributed by atoms with E-state index >= 15 is 0 Å². The highest BCUT2D eigenvalue weighted by Crippen LogP contribution is 2.13. The minimum atomic E-state index is -0.805. The van der Waals surface area contributed by atoms with Gasteiger partial charge in [-0.2, -0.15) is 0 Å². The van der Waals surface area contributed by atoms with Crippen molar-refractivity contribution < 1.29 is 28.6 Å². The van der Waals surface area contributed by atoms with Crippen LogP contribution in [0, 0.1) is 0 Å². The number of carbonyl (C=O) groups is 3. The molecule has 0 heterocycles. The van der Waals surface area contributed by atoms with Crippen LogP contribution in [0.5, 0.6) is 0 Å². The number of carbonyl (C=O) groups excluding carboxylic acids is 3. The first-order valence-corrected chi connectivity index (χ1v) is 25.4. The molecule has 0 aliphatic heterocycles. The Morgan fingerprint density at radius 3 is 1.00 bits per heavy atom. The second kappa shape index (κ2) is 50.7. The molecule has 0 saturated heterocycles. The molecule has 1 atom stereocenters. The van der Waals surface area contributed by atoms with Crippen LogP contribution in [0.15, 0.2) is 109 Å². The first-order chi connectivity index (χ1) is 31.0. The number of hydrogen-bond donors (Lipinski definition) is 0. The lowest BCUT2D eigenvalue weighted by atomic mass is 10.1. The standard InChI is InChI=1S/C57H92O6/c1-4-7-10-13-16-19-22-24-26-27-28-29-31-32-35-38-41-44-47-50-56(59)62-53-54(52-61-55(58)49-46-43-40-37-34-21-18-15-12-9-6-3)63-57(60)51-48-45-42-39-36-33-30-25-23-20-17-14-11-8-5-2/h7-8,10-11,15-20,24-26,28-30,32,35,54H,4-6,9,12-14,21-23,27,31,33-34,36-53H2,1-3H3/b10-7-,11-8-,18-15-,19-16-,20-17-,26-24-,29-28-,30-25-,35-32-/t54-/m0/s1. The van der Waals surface area contributed by atoms with Crippen LogP contribution in [0.1, 0.15) is 213 Å². The van der Waals surface area contributed by atoms with Gasteiger partial charge in [0.15, 0.2) is 6.10 Å². The van der Waals surface area contributed by atoms with Crippen LogP contribution in [-0.2, 0) is 28.6 Å². The molecule has 6 heteroatoms. The van der Waals surface area contributed by atoms with Gasteiger partial charge in [0.1, 0.15) is 13.2 Å². The average Bonchev–Trinajstić information content (AvgIpc) is 3.28. The van der Waals surface area contributed by atoms with Gasteiger partial charge in [-0.3, -0.25) is 14.4 Å². The molecule has 0 aliphatic rings. The largest absolute Gasteiger partial charge is 0.462 e. The highest BCUT2D eigenvalue weighted by atomic mass is 16.6. The molecule has 63 heavy (non-hydrogen) atoms. The van der Waals surface area contributed by atoms with Gasteiger partial charge in [-0.05, 0) is 116 Å². The molecule has 0 spiro atoms. The minimum absolute atomic E-state index is 0.102. The third kappa shape index (κ3) is 49.0. The summed E-state index contributed by atoms with van der Waals surface area (Å²) in [4.78, 5) is 37.9. The summed E-state index contributed by atoms with van der Waals surface area (Å²) in [7, 11) is 0. The van der Waals surface area contributed by atoms with E-state index in [1.807, 2.05) is 0 Å². The van der Waals surface area contributed by atoms with E-state index in [-0.39, 0.29) is 31.1 Å². The van der Waals surface area contributed by atoms with Gasteiger partial charge in [-0.1, -0.05) is 188 Å². The van der Waals surface area contributed by atoms with E-state index in [2.05, 4.69) is 130 Å². The highest BCUT2D eigenvalue weighted by Gasteiger charge is 2.19. The predicted octanol–water partition coefficient (Wildman–Crippen LogP) is 16.8. The molecule has 0 rings (SSSR count). The zero-order chi connectivity index (χ0) is 45.8. The maximum atomic E-state index is 12.8. The Balaban J connectivity index is 4.48. The summed E-state index contributed by atoms with van der Waals surface area (Å²) in [5, 5.41) is 0. The van der Waals surface area contributed by atoms with Crippen molar-refractivity contribution in [3.63, 3.8) is 0 Å². The predicted molar refractivity (Wildman–Crippen MR) is 270 cm³/mol. The van der Waals surface area contributed by atoms with Crippen LogP contribution in [0.2, 0.25) is 0 Å². The Labute approximate surface area is 387 Å². The molecule has 0 bridgehead atoms. The second-order valence-corrected chi connectivity index (χ2v) is 16.3. The third-order valence-electron chi connectivity index (χ3n) is 10.2. The first-order valence-electron chi connectivity index (χ1n) is 25.4. The topological polar surface area (TPSA) is 78.9 Å². The number of allylic oxidation sites excluding steroid dienone is 18. The van der Waals surface area contributed by atoms with E-state index in [0.29, 0.717) is 19.3 Å². The first kappa shape index (κ1) is 59.1. The van der Waals surface area contributed by atoms with Gasteiger partial charge in [0.05, 0.1) is 0 Å². The summed E-state index contributed by atoms with van der Waals surface area (Å²) in [6.45, 7) is 6.30. The van der Waals surface area contributed by atoms with Crippen LogP contribution in [0.25, 0.3) is 0 Å². The van der Waals surface area contributed by atoms with E-state index < -0.39 is 6.10 Å². The van der Waals surface area contributed by atoms with Gasteiger partial charge in [0, 0.05) is 19.3 Å². The second-order valence-electron chi connectivity index (χ2n) is 16.3. The van der Waals surface area contributed by atoms with Gasteiger partial charge in [0.25, 0.3) is 0 Å². The Bertz CT molecular complexity index is 1330. The maximum Gasteiger partial charge on any atom is 0.306 e. The highest BCUT2D eigenvalue weighted by molar-refractivity contribution is 5.71. The fourth-order valence-corrected chi connectivity index (χ4v) is 6.46. The molecule has 0 fully saturated rings. The molecule has 0 aromatic heterocycles. The molecule has 6 nitrogen and oxygen atoms in total. The lowest BCUT2D eigenvalue weighted by Gasteiger charge is -2.18. The van der Waals surface area contributed by atoms with Gasteiger partial charge < -0.3 is 14.2 Å². The summed E-state index contributed by atoms with van der Waals surface area (Å²) < 4.78 is 16.7. The molecule has 0 radical (unpaired) electrons. The van der Waals surface area contributed by atoms with Crippen molar-refractivity contribution in [3.8, 4) is 0 Å². The van der Waals surface area contributed by atoms with Crippen molar-refractivity contribution in [2.75, 3.05) is 13.2 Å². The number of hydrogen-bond acceptors (Lipinski definition) is 6. The fraction of sp³-hybridized carbons (Fsp3) is 0.632. The molecular formula is C57H92O6. The van der Waals surface area contributed by atoms with Crippen LogP contribution in [0.3, 0.4) is 0 Å². The van der Waals surface area contributed by atoms with Crippen molar-refractivity contribution in [1.29, 1.82) is 0 Å². The number of esters is 3. The fourth-order valence-electron chi connectivity index (χ4n) is 6.46. The van der Waals surface area contributed by atoms with Gasteiger partial charge in [-0.15, -0.1) is 0 Å². The quantitative estimate of drug-likeness (QED) is 0.0263. The van der Waals surface area contributed by atoms with Gasteiger partial charge in [-0.25, -0.2) is 0 Å². The van der Waals surface area contributed by atoms with Crippen molar-refractivity contribution in [2.45, 2.75) is 219 Å². The monoisotopic (exact) mass is 873 g/mol. The molecule has 0 unspecified atom stereocenters. The van der Waals surface area contributed by atoms with Crippen molar-refractivity contribution in [3.05, 3.63) is 109 Å². The van der Waals surface area contributed by atoms with E-state index in [4.69, 9.17) is 14.2 Å². The number of unbranched alkanes of at least 4 members (excludes halogenated alkanes) is 15. The molecule has 0 aromatic rings. The van der Waals surface area contributed by atoms with Crippen molar-refractivity contribution in [2.24, 2.45) is 0 Å². The molecule has 0 saturated carbocycles. The summed E-state index contributed by atoms with van der Waals surface area (Å²) in [5.74, 6) is -0.969. The molecular weight excluding hydrogens is 781 g/mol. The van der Waals surface area contributed by atoms with Gasteiger partial charge in [0.2, 0.25) is 0 Å². The van der Waals surface area contributed by atoms with Crippen molar-refractivity contribution >= 4 is 17.9 Å². The van der Waals surface area contributed by atoms with Crippen LogP contribution < -0.4 is 0 Å². The lowest BCUT2D eigenvalue weighted by molar-refractivity contribution is -0.167. The Morgan fingerprint density at radius 2 is 0.619 bits per heavy atom. The Kier molecular flexibility index (Phi) is 47.5. The molecule has 356 valence electrons. The molecule has 0 amide bonds. The SMILES string of the molecule is CC/C=C\C/C=C\C/C=C\C/C=C\C/C=C\CCCCCC(=O)OC[C@H](COC(=O)CCCCCCC/C=C\CCCC)OC(=O)CCCCCCC/C=C\C/C=C\C/C=C\CC. The summed E-state index contributed by atoms with van der Waals surface area (Å²) in [6, 6.07) is 0. The van der Waals surface area contributed by atoms with E-state index in [9.17, 15) is 14.4 Å². The van der Waals surface area contributed by atoms with E-state index in [1.165, 1.54) is 25.7 Å². The Hall–Kier alpha value is -3.93. The molecule has 0 N–H and O–H groups in total. The van der Waals surface area contributed by atoms with E-state index in [0.717, 1.165) is 148 Å². The summed E-state index contributed by atoms with van der Waals surface area (Å²) in [5.41, 5.74) is 0. The summed E-state index contributed by atoms with van der Waals surface area (Å²) >= 11 is 0. The average molecular weight is 873 g/mol. The number of ether oxygens (including phenoxy) is 3. The normalized spacial score (nSPS) is 13.0. The zero-order valence-electron chi connectivity index (χ0n) is 40.5. The molecule has 0 aromatic carbocycles. The maximum absolute atomic E-state index is 12.8.